The number of aromatic amines is 1. The Morgan fingerprint density at radius 1 is 1.32 bits per heavy atom. The monoisotopic (exact) mass is 312 g/mol. The van der Waals surface area contributed by atoms with Crippen LogP contribution in [-0.2, 0) is 0 Å². The Labute approximate surface area is 135 Å². The van der Waals surface area contributed by atoms with Crippen LogP contribution in [0.25, 0.3) is 0 Å². The first-order chi connectivity index (χ1) is 10.6. The molecule has 0 spiro atoms. The van der Waals surface area contributed by atoms with Crippen molar-refractivity contribution in [2.75, 3.05) is 6.54 Å². The van der Waals surface area contributed by atoms with Crippen molar-refractivity contribution in [3.05, 3.63) is 53.1 Å². The van der Waals surface area contributed by atoms with Gasteiger partial charge < -0.3 is 9.88 Å². The van der Waals surface area contributed by atoms with Gasteiger partial charge in [-0.2, -0.15) is 0 Å². The van der Waals surface area contributed by atoms with Crippen molar-refractivity contribution < 1.29 is 0 Å². The highest BCUT2D eigenvalue weighted by atomic mass is 32.2. The average molecular weight is 312 g/mol. The zero-order valence-corrected chi connectivity index (χ0v) is 13.9. The average Bonchev–Trinajstić information content (AvgIpc) is 3.11. The Bertz CT molecular complexity index is 722. The molecule has 0 radical (unpaired) electrons. The zero-order chi connectivity index (χ0) is 15.3. The van der Waals surface area contributed by atoms with Gasteiger partial charge in [-0.05, 0) is 37.6 Å². The minimum absolute atomic E-state index is 0.0881. The third kappa shape index (κ3) is 2.15. The number of rotatable bonds is 2. The molecule has 3 atom stereocenters. The second kappa shape index (κ2) is 5.16. The molecule has 2 aromatic heterocycles. The summed E-state index contributed by atoms with van der Waals surface area (Å²) in [4.78, 5) is 15.5. The second-order valence-corrected chi connectivity index (χ2v) is 7.58. The Hall–Kier alpha value is -1.75. The van der Waals surface area contributed by atoms with E-state index < -0.39 is 0 Å². The van der Waals surface area contributed by atoms with E-state index in [4.69, 9.17) is 4.99 Å². The largest absolute Gasteiger partial charge is 0.362 e. The second-order valence-electron chi connectivity index (χ2n) is 6.17. The van der Waals surface area contributed by atoms with Crippen molar-refractivity contribution in [3.8, 4) is 0 Å². The molecular weight excluding hydrogens is 292 g/mol. The first kappa shape index (κ1) is 13.9. The molecule has 4 nitrogen and oxygen atoms in total. The van der Waals surface area contributed by atoms with Gasteiger partial charge >= 0.3 is 0 Å². The minimum atomic E-state index is 0.0881. The molecule has 1 saturated heterocycles. The zero-order valence-electron chi connectivity index (χ0n) is 13.1. The summed E-state index contributed by atoms with van der Waals surface area (Å²) < 4.78 is 0. The number of aromatic nitrogens is 2. The van der Waals surface area contributed by atoms with Gasteiger partial charge in [0.25, 0.3) is 0 Å². The molecule has 22 heavy (non-hydrogen) atoms. The van der Waals surface area contributed by atoms with Crippen LogP contribution in [0, 0.1) is 13.8 Å². The van der Waals surface area contributed by atoms with Gasteiger partial charge in [-0.1, -0.05) is 24.8 Å². The predicted molar refractivity (Wildman–Crippen MR) is 91.2 cm³/mol. The number of aryl methyl sites for hydroxylation is 2. The van der Waals surface area contributed by atoms with Crippen LogP contribution >= 0.6 is 11.8 Å². The van der Waals surface area contributed by atoms with Crippen LogP contribution in [0.15, 0.2) is 35.5 Å². The fourth-order valence-corrected chi connectivity index (χ4v) is 4.60. The molecule has 2 aliphatic rings. The van der Waals surface area contributed by atoms with Gasteiger partial charge in [0.1, 0.15) is 6.04 Å². The highest BCUT2D eigenvalue weighted by Gasteiger charge is 2.44. The van der Waals surface area contributed by atoms with Crippen LogP contribution in [0.2, 0.25) is 0 Å². The summed E-state index contributed by atoms with van der Waals surface area (Å²) in [7, 11) is 0. The number of aliphatic imine (C=N–C) groups is 1. The normalized spacial score (nSPS) is 27.1. The Morgan fingerprint density at radius 3 is 2.86 bits per heavy atom. The number of H-pyrrole nitrogens is 1. The van der Waals surface area contributed by atoms with Gasteiger partial charge in [0, 0.05) is 29.4 Å². The predicted octanol–water partition coefficient (Wildman–Crippen LogP) is 3.62. The lowest BCUT2D eigenvalue weighted by Gasteiger charge is -2.27. The number of nitrogens with zero attached hydrogens (tertiary/aromatic N) is 3. The highest BCUT2D eigenvalue weighted by molar-refractivity contribution is 8.14. The molecule has 1 N–H and O–H groups in total. The number of amidine groups is 1. The third-order valence-electron chi connectivity index (χ3n) is 4.39. The van der Waals surface area contributed by atoms with Crippen LogP contribution in [0.5, 0.6) is 0 Å². The molecule has 5 heteroatoms. The van der Waals surface area contributed by atoms with Crippen molar-refractivity contribution in [2.45, 2.75) is 38.1 Å². The van der Waals surface area contributed by atoms with E-state index in [2.05, 4.69) is 47.8 Å². The molecular formula is C17H20N4S. The maximum atomic E-state index is 5.01. The number of fused-ring (bicyclic) bond motifs is 1. The lowest BCUT2D eigenvalue weighted by molar-refractivity contribution is 0.320. The van der Waals surface area contributed by atoms with Gasteiger partial charge in [-0.25, -0.2) is 0 Å². The summed E-state index contributed by atoms with van der Waals surface area (Å²) in [5, 5.41) is 1.78. The quantitative estimate of drug-likeness (QED) is 0.921. The molecule has 2 aliphatic heterocycles. The van der Waals surface area contributed by atoms with Crippen molar-refractivity contribution in [3.63, 3.8) is 0 Å². The number of nitrogens with one attached hydrogen (secondary N) is 1. The summed E-state index contributed by atoms with van der Waals surface area (Å²) in [6, 6.07) is 8.71. The molecule has 2 aromatic rings. The molecule has 0 amide bonds. The molecule has 0 aliphatic carbocycles. The van der Waals surface area contributed by atoms with Crippen LogP contribution in [0.4, 0.5) is 0 Å². The van der Waals surface area contributed by atoms with Crippen LogP contribution < -0.4 is 0 Å². The van der Waals surface area contributed by atoms with E-state index >= 15 is 0 Å². The van der Waals surface area contributed by atoms with Crippen molar-refractivity contribution >= 4 is 16.9 Å². The van der Waals surface area contributed by atoms with E-state index in [1.54, 1.807) is 0 Å². The van der Waals surface area contributed by atoms with Crippen LogP contribution in [0.1, 0.15) is 41.7 Å². The third-order valence-corrected chi connectivity index (χ3v) is 5.49. The molecule has 4 heterocycles. The maximum Gasteiger partial charge on any atom is 0.160 e. The molecule has 4 rings (SSSR count). The smallest absolute Gasteiger partial charge is 0.160 e. The summed E-state index contributed by atoms with van der Waals surface area (Å²) in [6.07, 6.45) is 1.86. The first-order valence-corrected chi connectivity index (χ1v) is 8.59. The minimum Gasteiger partial charge on any atom is -0.362 e. The van der Waals surface area contributed by atoms with Crippen molar-refractivity contribution in [1.29, 1.82) is 0 Å². The number of hydrogen-bond donors (Lipinski definition) is 1. The molecule has 0 saturated carbocycles. The van der Waals surface area contributed by atoms with Crippen LogP contribution in [0.3, 0.4) is 0 Å². The number of pyridine rings is 1. The van der Waals surface area contributed by atoms with Gasteiger partial charge in [0.2, 0.25) is 0 Å². The van der Waals surface area contributed by atoms with E-state index in [9.17, 15) is 0 Å². The fraction of sp³-hybridized carbons (Fsp3) is 0.412. The fourth-order valence-electron chi connectivity index (χ4n) is 3.51. The van der Waals surface area contributed by atoms with Gasteiger partial charge in [0.05, 0.1) is 11.7 Å². The number of thioether (sulfide) groups is 1. The SMILES string of the molecule is Cc1cc([C@H]2[C@H](c3ccccn3)N=C3S[C@@H](C)CN32)c(C)[nH]1. The lowest BCUT2D eigenvalue weighted by atomic mass is 9.96. The highest BCUT2D eigenvalue weighted by Crippen LogP contribution is 2.48. The van der Waals surface area contributed by atoms with E-state index in [-0.39, 0.29) is 12.1 Å². The van der Waals surface area contributed by atoms with Gasteiger partial charge in [-0.3, -0.25) is 9.98 Å². The summed E-state index contributed by atoms with van der Waals surface area (Å²) in [6.45, 7) is 7.60. The molecule has 0 aromatic carbocycles. The molecule has 1 fully saturated rings. The standard InChI is InChI=1S/C17H20N4S/c1-10-8-13(12(3)19-10)16-15(14-6-4-5-7-18-14)20-17-21(16)9-11(2)22-17/h4-8,11,15-16,19H,9H2,1-3H3/t11-,15-,16-/m0/s1. The number of hydrogen-bond acceptors (Lipinski definition) is 4. The maximum absolute atomic E-state index is 5.01. The molecule has 0 bridgehead atoms. The summed E-state index contributed by atoms with van der Waals surface area (Å²) in [5.41, 5.74) is 4.85. The van der Waals surface area contributed by atoms with Crippen molar-refractivity contribution in [1.82, 2.24) is 14.9 Å². The van der Waals surface area contributed by atoms with Gasteiger partial charge in [-0.15, -0.1) is 0 Å². The Balaban J connectivity index is 1.80. The summed E-state index contributed by atoms with van der Waals surface area (Å²) >= 11 is 1.88. The lowest BCUT2D eigenvalue weighted by Crippen LogP contribution is -2.28. The van der Waals surface area contributed by atoms with E-state index in [0.717, 1.165) is 12.2 Å². The van der Waals surface area contributed by atoms with Gasteiger partial charge in [0.15, 0.2) is 5.17 Å². The van der Waals surface area contributed by atoms with E-state index in [1.807, 2.05) is 30.1 Å². The summed E-state index contributed by atoms with van der Waals surface area (Å²) in [5.74, 6) is 0. The first-order valence-electron chi connectivity index (χ1n) is 7.71. The molecule has 0 unspecified atom stereocenters. The topological polar surface area (TPSA) is 44.3 Å². The Kier molecular flexibility index (Phi) is 3.26. The van der Waals surface area contributed by atoms with Crippen LogP contribution in [-0.4, -0.2) is 31.8 Å². The van der Waals surface area contributed by atoms with E-state index in [1.165, 1.54) is 22.1 Å². The van der Waals surface area contributed by atoms with Crippen molar-refractivity contribution in [2.24, 2.45) is 4.99 Å². The molecule has 114 valence electrons. The van der Waals surface area contributed by atoms with E-state index in [0.29, 0.717) is 5.25 Å². The Morgan fingerprint density at radius 2 is 2.18 bits per heavy atom.